The third-order valence-corrected chi connectivity index (χ3v) is 3.54. The summed E-state index contributed by atoms with van der Waals surface area (Å²) in [7, 11) is 0. The van der Waals surface area contributed by atoms with Crippen LogP contribution >= 0.6 is 0 Å². The molecule has 0 spiro atoms. The van der Waals surface area contributed by atoms with E-state index in [2.05, 4.69) is 0 Å². The van der Waals surface area contributed by atoms with E-state index >= 15 is 0 Å². The number of benzene rings is 1. The van der Waals surface area contributed by atoms with Crippen LogP contribution in [0.3, 0.4) is 0 Å². The highest BCUT2D eigenvalue weighted by Gasteiger charge is 2.20. The molecule has 3 N–H and O–H groups in total. The molecule has 2 unspecified atom stereocenters. The van der Waals surface area contributed by atoms with Gasteiger partial charge in [-0.2, -0.15) is 0 Å². The molecule has 5 heteroatoms. The Labute approximate surface area is 132 Å². The van der Waals surface area contributed by atoms with E-state index in [-0.39, 0.29) is 12.5 Å². The minimum atomic E-state index is -0.828. The van der Waals surface area contributed by atoms with Crippen LogP contribution in [0.15, 0.2) is 18.2 Å². The molecule has 124 valence electrons. The SMILES string of the molecule is CCOc1ccc(CC(C)CC(CN)C(=O)O)c(OCC)c1. The van der Waals surface area contributed by atoms with Gasteiger partial charge in [0.2, 0.25) is 0 Å². The third-order valence-electron chi connectivity index (χ3n) is 3.54. The van der Waals surface area contributed by atoms with Crippen LogP contribution in [0.4, 0.5) is 0 Å². The Morgan fingerprint density at radius 2 is 1.95 bits per heavy atom. The molecule has 0 saturated carbocycles. The van der Waals surface area contributed by atoms with Gasteiger partial charge in [0, 0.05) is 12.6 Å². The van der Waals surface area contributed by atoms with Crippen molar-refractivity contribution in [3.05, 3.63) is 23.8 Å². The van der Waals surface area contributed by atoms with Gasteiger partial charge in [0.05, 0.1) is 19.1 Å². The summed E-state index contributed by atoms with van der Waals surface area (Å²) in [6, 6.07) is 5.81. The first-order chi connectivity index (χ1) is 10.5. The zero-order valence-corrected chi connectivity index (χ0v) is 13.7. The standard InChI is InChI=1S/C17H27NO4/c1-4-21-15-7-6-13(16(10-15)22-5-2)8-12(3)9-14(11-18)17(19)20/h6-7,10,12,14H,4-5,8-9,11,18H2,1-3H3,(H,19,20). The van der Waals surface area contributed by atoms with E-state index in [1.54, 1.807) is 0 Å². The predicted molar refractivity (Wildman–Crippen MR) is 86.4 cm³/mol. The van der Waals surface area contributed by atoms with Crippen LogP contribution in [0, 0.1) is 11.8 Å². The van der Waals surface area contributed by atoms with Crippen molar-refractivity contribution >= 4 is 5.97 Å². The summed E-state index contributed by atoms with van der Waals surface area (Å²) < 4.78 is 11.2. The lowest BCUT2D eigenvalue weighted by Crippen LogP contribution is -2.25. The molecule has 0 fully saturated rings. The van der Waals surface area contributed by atoms with Crippen molar-refractivity contribution in [3.8, 4) is 11.5 Å². The fourth-order valence-electron chi connectivity index (χ4n) is 2.49. The maximum Gasteiger partial charge on any atom is 0.307 e. The number of hydrogen-bond donors (Lipinski definition) is 2. The van der Waals surface area contributed by atoms with Gasteiger partial charge in [-0.25, -0.2) is 0 Å². The Hall–Kier alpha value is -1.75. The summed E-state index contributed by atoms with van der Waals surface area (Å²) in [6.45, 7) is 7.28. The van der Waals surface area contributed by atoms with Crippen LogP contribution in [0.1, 0.15) is 32.8 Å². The second kappa shape index (κ2) is 9.30. The van der Waals surface area contributed by atoms with Gasteiger partial charge >= 0.3 is 5.97 Å². The normalized spacial score (nSPS) is 13.5. The minimum Gasteiger partial charge on any atom is -0.494 e. The number of hydrogen-bond acceptors (Lipinski definition) is 4. The van der Waals surface area contributed by atoms with Gasteiger partial charge in [-0.15, -0.1) is 0 Å². The maximum absolute atomic E-state index is 11.1. The second-order valence-electron chi connectivity index (χ2n) is 5.45. The lowest BCUT2D eigenvalue weighted by atomic mass is 9.90. The van der Waals surface area contributed by atoms with Crippen molar-refractivity contribution in [2.75, 3.05) is 19.8 Å². The van der Waals surface area contributed by atoms with Gasteiger partial charge in [0.15, 0.2) is 0 Å². The van der Waals surface area contributed by atoms with Crippen LogP contribution in [-0.4, -0.2) is 30.8 Å². The average molecular weight is 309 g/mol. The molecule has 1 aromatic carbocycles. The molecule has 22 heavy (non-hydrogen) atoms. The number of carbonyl (C=O) groups is 1. The van der Waals surface area contributed by atoms with E-state index in [9.17, 15) is 4.79 Å². The van der Waals surface area contributed by atoms with E-state index < -0.39 is 11.9 Å². The largest absolute Gasteiger partial charge is 0.494 e. The van der Waals surface area contributed by atoms with Gasteiger partial charge < -0.3 is 20.3 Å². The quantitative estimate of drug-likeness (QED) is 0.694. The molecule has 0 aliphatic carbocycles. The summed E-state index contributed by atoms with van der Waals surface area (Å²) >= 11 is 0. The highest BCUT2D eigenvalue weighted by Crippen LogP contribution is 2.28. The molecule has 0 aliphatic heterocycles. The fourth-order valence-corrected chi connectivity index (χ4v) is 2.49. The van der Waals surface area contributed by atoms with Crippen molar-refractivity contribution in [1.29, 1.82) is 0 Å². The lowest BCUT2D eigenvalue weighted by Gasteiger charge is -2.18. The highest BCUT2D eigenvalue weighted by atomic mass is 16.5. The predicted octanol–water partition coefficient (Wildman–Crippen LogP) is 2.71. The molecular weight excluding hydrogens is 282 g/mol. The molecule has 2 atom stereocenters. The van der Waals surface area contributed by atoms with E-state index in [0.29, 0.717) is 19.6 Å². The number of nitrogens with two attached hydrogens (primary N) is 1. The molecule has 0 bridgehead atoms. The van der Waals surface area contributed by atoms with E-state index in [4.69, 9.17) is 20.3 Å². The molecule has 0 radical (unpaired) electrons. The number of ether oxygens (including phenoxy) is 2. The monoisotopic (exact) mass is 309 g/mol. The van der Waals surface area contributed by atoms with Crippen molar-refractivity contribution in [3.63, 3.8) is 0 Å². The Morgan fingerprint density at radius 1 is 1.27 bits per heavy atom. The lowest BCUT2D eigenvalue weighted by molar-refractivity contribution is -0.141. The van der Waals surface area contributed by atoms with Crippen LogP contribution < -0.4 is 15.2 Å². The van der Waals surface area contributed by atoms with Gasteiger partial charge in [-0.1, -0.05) is 13.0 Å². The summed E-state index contributed by atoms with van der Waals surface area (Å²) in [5.41, 5.74) is 6.59. The summed E-state index contributed by atoms with van der Waals surface area (Å²) in [5, 5.41) is 9.10. The van der Waals surface area contributed by atoms with Crippen LogP contribution in [-0.2, 0) is 11.2 Å². The van der Waals surface area contributed by atoms with Crippen LogP contribution in [0.2, 0.25) is 0 Å². The zero-order chi connectivity index (χ0) is 16.5. The van der Waals surface area contributed by atoms with Crippen molar-refractivity contribution in [2.45, 2.75) is 33.6 Å². The van der Waals surface area contributed by atoms with Crippen LogP contribution in [0.5, 0.6) is 11.5 Å². The number of aliphatic carboxylic acids is 1. The average Bonchev–Trinajstić information content (AvgIpc) is 2.47. The molecule has 1 rings (SSSR count). The van der Waals surface area contributed by atoms with Crippen molar-refractivity contribution < 1.29 is 19.4 Å². The summed E-state index contributed by atoms with van der Waals surface area (Å²) in [5.74, 6) is 0.480. The molecule has 0 aromatic heterocycles. The fraction of sp³-hybridized carbons (Fsp3) is 0.588. The minimum absolute atomic E-state index is 0.168. The number of carboxylic acid groups (broad SMARTS) is 1. The molecule has 0 aliphatic rings. The van der Waals surface area contributed by atoms with E-state index in [1.807, 2.05) is 39.0 Å². The molecule has 1 aromatic rings. The first-order valence-electron chi connectivity index (χ1n) is 7.83. The Kier molecular flexibility index (Phi) is 7.74. The molecular formula is C17H27NO4. The molecule has 0 heterocycles. The summed E-state index contributed by atoms with van der Waals surface area (Å²) in [4.78, 5) is 11.1. The van der Waals surface area contributed by atoms with Crippen LogP contribution in [0.25, 0.3) is 0 Å². The van der Waals surface area contributed by atoms with E-state index in [0.717, 1.165) is 23.5 Å². The smallest absolute Gasteiger partial charge is 0.307 e. The van der Waals surface area contributed by atoms with Crippen molar-refractivity contribution in [1.82, 2.24) is 0 Å². The van der Waals surface area contributed by atoms with E-state index in [1.165, 1.54) is 0 Å². The number of rotatable bonds is 10. The van der Waals surface area contributed by atoms with Gasteiger partial charge in [0.1, 0.15) is 11.5 Å². The molecule has 5 nitrogen and oxygen atoms in total. The highest BCUT2D eigenvalue weighted by molar-refractivity contribution is 5.70. The Morgan fingerprint density at radius 3 is 2.50 bits per heavy atom. The molecule has 0 saturated heterocycles. The van der Waals surface area contributed by atoms with Gasteiger partial charge in [-0.3, -0.25) is 4.79 Å². The number of carboxylic acids is 1. The topological polar surface area (TPSA) is 81.8 Å². The molecule has 0 amide bonds. The summed E-state index contributed by atoms with van der Waals surface area (Å²) in [6.07, 6.45) is 1.32. The Bertz CT molecular complexity index is 476. The van der Waals surface area contributed by atoms with Crippen molar-refractivity contribution in [2.24, 2.45) is 17.6 Å². The van der Waals surface area contributed by atoms with Gasteiger partial charge in [-0.05, 0) is 44.2 Å². The second-order valence-corrected chi connectivity index (χ2v) is 5.45. The first-order valence-corrected chi connectivity index (χ1v) is 7.83. The Balaban J connectivity index is 2.80. The first kappa shape index (κ1) is 18.3. The van der Waals surface area contributed by atoms with Gasteiger partial charge in [0.25, 0.3) is 0 Å². The third kappa shape index (κ3) is 5.56. The zero-order valence-electron chi connectivity index (χ0n) is 13.7. The maximum atomic E-state index is 11.1.